The standard InChI is InChI=1S/C21H17N5O5/c1-30-17-9-12-7-8-25-20(15(12)10-18(17)31-2)16(11-22)19(21(25)27)24-23-13-3-5-14(6-4-13)26(28)29/h3-6,9-10,27H,7-8H2,1-2H3. The maximum absolute atomic E-state index is 10.8. The number of aryl methyl sites for hydroxylation is 1. The number of nitro benzene ring substituents is 1. The quantitative estimate of drug-likeness (QED) is 0.364. The van der Waals surface area contributed by atoms with Gasteiger partial charge in [0.1, 0.15) is 11.6 Å². The van der Waals surface area contributed by atoms with Crippen LogP contribution in [0.1, 0.15) is 11.1 Å². The summed E-state index contributed by atoms with van der Waals surface area (Å²) in [7, 11) is 3.08. The molecule has 4 rings (SSSR count). The summed E-state index contributed by atoms with van der Waals surface area (Å²) in [5, 5.41) is 39.5. The molecule has 2 heterocycles. The molecule has 0 saturated heterocycles. The van der Waals surface area contributed by atoms with E-state index in [0.29, 0.717) is 35.8 Å². The molecule has 2 aromatic carbocycles. The SMILES string of the molecule is COc1cc2c(cc1OC)-c1c(C#N)c(N=Nc3ccc([N+](=O)[O-])cc3)c(O)n1CC2. The van der Waals surface area contributed by atoms with Gasteiger partial charge in [0.15, 0.2) is 17.2 Å². The number of methoxy groups -OCH3 is 2. The zero-order valence-corrected chi connectivity index (χ0v) is 16.7. The summed E-state index contributed by atoms with van der Waals surface area (Å²) in [4.78, 5) is 10.3. The molecule has 0 radical (unpaired) electrons. The number of benzene rings is 2. The molecule has 1 N–H and O–H groups in total. The largest absolute Gasteiger partial charge is 0.493 e. The maximum atomic E-state index is 10.8. The average molecular weight is 419 g/mol. The van der Waals surface area contributed by atoms with Crippen LogP contribution in [0.2, 0.25) is 0 Å². The minimum atomic E-state index is -0.511. The summed E-state index contributed by atoms with van der Waals surface area (Å²) < 4.78 is 12.4. The molecule has 0 fully saturated rings. The van der Waals surface area contributed by atoms with Gasteiger partial charge in [-0.05, 0) is 36.2 Å². The van der Waals surface area contributed by atoms with E-state index in [1.807, 2.05) is 6.07 Å². The van der Waals surface area contributed by atoms with Crippen molar-refractivity contribution in [3.63, 3.8) is 0 Å². The van der Waals surface area contributed by atoms with Crippen molar-refractivity contribution in [3.8, 4) is 34.7 Å². The van der Waals surface area contributed by atoms with Crippen LogP contribution in [0.3, 0.4) is 0 Å². The van der Waals surface area contributed by atoms with Crippen LogP contribution in [0.5, 0.6) is 17.4 Å². The van der Waals surface area contributed by atoms with E-state index in [9.17, 15) is 20.5 Å². The summed E-state index contributed by atoms with van der Waals surface area (Å²) in [6.07, 6.45) is 0.620. The van der Waals surface area contributed by atoms with Gasteiger partial charge in [0.2, 0.25) is 5.88 Å². The van der Waals surface area contributed by atoms with Gasteiger partial charge in [-0.15, -0.1) is 5.11 Å². The Labute approximate surface area is 176 Å². The molecule has 0 saturated carbocycles. The predicted molar refractivity (Wildman–Crippen MR) is 110 cm³/mol. The van der Waals surface area contributed by atoms with Gasteiger partial charge in [0.05, 0.1) is 30.5 Å². The van der Waals surface area contributed by atoms with E-state index in [1.165, 1.54) is 31.4 Å². The summed E-state index contributed by atoms with van der Waals surface area (Å²) in [6, 6.07) is 11.2. The first kappa shape index (κ1) is 19.9. The Kier molecular flexibility index (Phi) is 5.00. The number of rotatable bonds is 5. The molecule has 3 aromatic rings. The molecule has 1 aromatic heterocycles. The maximum Gasteiger partial charge on any atom is 0.269 e. The highest BCUT2D eigenvalue weighted by molar-refractivity contribution is 5.83. The summed E-state index contributed by atoms with van der Waals surface area (Å²) >= 11 is 0. The lowest BCUT2D eigenvalue weighted by Crippen LogP contribution is -2.11. The number of nitro groups is 1. The van der Waals surface area contributed by atoms with E-state index in [0.717, 1.165) is 11.1 Å². The number of azo groups is 1. The van der Waals surface area contributed by atoms with Gasteiger partial charge in [-0.25, -0.2) is 0 Å². The van der Waals surface area contributed by atoms with Gasteiger partial charge in [0, 0.05) is 24.2 Å². The van der Waals surface area contributed by atoms with Gasteiger partial charge >= 0.3 is 0 Å². The number of non-ortho nitro benzene ring substituents is 1. The number of fused-ring (bicyclic) bond motifs is 3. The average Bonchev–Trinajstić information content (AvgIpc) is 3.07. The van der Waals surface area contributed by atoms with Crippen LogP contribution >= 0.6 is 0 Å². The molecule has 10 nitrogen and oxygen atoms in total. The highest BCUT2D eigenvalue weighted by Gasteiger charge is 2.29. The molecule has 0 bridgehead atoms. The van der Waals surface area contributed by atoms with E-state index in [-0.39, 0.29) is 22.8 Å². The lowest BCUT2D eigenvalue weighted by molar-refractivity contribution is -0.384. The lowest BCUT2D eigenvalue weighted by Gasteiger charge is -2.22. The Morgan fingerprint density at radius 2 is 1.84 bits per heavy atom. The van der Waals surface area contributed by atoms with Crippen molar-refractivity contribution in [3.05, 3.63) is 57.6 Å². The number of nitriles is 1. The van der Waals surface area contributed by atoms with Crippen molar-refractivity contribution < 1.29 is 19.5 Å². The molecule has 1 aliphatic heterocycles. The fraction of sp³-hybridized carbons (Fsp3) is 0.190. The first-order chi connectivity index (χ1) is 15.0. The first-order valence-electron chi connectivity index (χ1n) is 9.25. The van der Waals surface area contributed by atoms with Gasteiger partial charge in [0.25, 0.3) is 5.69 Å². The van der Waals surface area contributed by atoms with Gasteiger partial charge in [-0.3, -0.25) is 10.1 Å². The Bertz CT molecular complexity index is 1250. The molecule has 0 amide bonds. The zero-order chi connectivity index (χ0) is 22.1. The Morgan fingerprint density at radius 1 is 1.16 bits per heavy atom. The monoisotopic (exact) mass is 419 g/mol. The van der Waals surface area contributed by atoms with Crippen molar-refractivity contribution in [2.45, 2.75) is 13.0 Å². The van der Waals surface area contributed by atoms with Crippen molar-refractivity contribution >= 4 is 17.1 Å². The second-order valence-corrected chi connectivity index (χ2v) is 6.75. The number of ether oxygens (including phenoxy) is 2. The first-order valence-corrected chi connectivity index (χ1v) is 9.25. The van der Waals surface area contributed by atoms with Crippen LogP contribution in [0, 0.1) is 21.4 Å². The van der Waals surface area contributed by atoms with E-state index in [1.54, 1.807) is 17.7 Å². The lowest BCUT2D eigenvalue weighted by atomic mass is 9.95. The molecule has 31 heavy (non-hydrogen) atoms. The van der Waals surface area contributed by atoms with Gasteiger partial charge in [-0.1, -0.05) is 0 Å². The fourth-order valence-corrected chi connectivity index (χ4v) is 3.62. The third-order valence-electron chi connectivity index (χ3n) is 5.12. The highest BCUT2D eigenvalue weighted by atomic mass is 16.6. The topological polar surface area (TPSA) is 135 Å². The third-order valence-corrected chi connectivity index (χ3v) is 5.12. The van der Waals surface area contributed by atoms with Crippen molar-refractivity contribution in [1.29, 1.82) is 5.26 Å². The normalized spacial score (nSPS) is 12.2. The number of nitrogens with zero attached hydrogens (tertiary/aromatic N) is 5. The molecule has 10 heteroatoms. The number of hydrogen-bond acceptors (Lipinski definition) is 8. The van der Waals surface area contributed by atoms with E-state index >= 15 is 0 Å². The van der Waals surface area contributed by atoms with Gasteiger partial charge < -0.3 is 19.1 Å². The van der Waals surface area contributed by atoms with Crippen LogP contribution in [0.15, 0.2) is 46.6 Å². The van der Waals surface area contributed by atoms with E-state index in [2.05, 4.69) is 16.3 Å². The minimum absolute atomic E-state index is 0.0403. The van der Waals surface area contributed by atoms with Gasteiger partial charge in [-0.2, -0.15) is 10.4 Å². The molecule has 1 aliphatic rings. The number of aromatic nitrogens is 1. The Hall–Kier alpha value is -4.39. The molecular formula is C21H17N5O5. The van der Waals surface area contributed by atoms with Crippen molar-refractivity contribution in [1.82, 2.24) is 4.57 Å². The number of aromatic hydroxyl groups is 1. The highest BCUT2D eigenvalue weighted by Crippen LogP contribution is 2.47. The molecule has 156 valence electrons. The van der Waals surface area contributed by atoms with E-state index < -0.39 is 4.92 Å². The van der Waals surface area contributed by atoms with E-state index in [4.69, 9.17) is 9.47 Å². The van der Waals surface area contributed by atoms with Crippen LogP contribution in [0.25, 0.3) is 11.3 Å². The summed E-state index contributed by atoms with van der Waals surface area (Å²) in [5.41, 5.74) is 2.73. The third kappa shape index (κ3) is 3.32. The zero-order valence-electron chi connectivity index (χ0n) is 16.7. The van der Waals surface area contributed by atoms with Crippen LogP contribution < -0.4 is 9.47 Å². The Balaban J connectivity index is 1.81. The van der Waals surface area contributed by atoms with Crippen LogP contribution in [0.4, 0.5) is 17.1 Å². The molecular weight excluding hydrogens is 402 g/mol. The van der Waals surface area contributed by atoms with Crippen molar-refractivity contribution in [2.75, 3.05) is 14.2 Å². The summed E-state index contributed by atoms with van der Waals surface area (Å²) in [5.74, 6) is 0.924. The smallest absolute Gasteiger partial charge is 0.269 e. The molecule has 0 unspecified atom stereocenters. The molecule has 0 aliphatic carbocycles. The fourth-order valence-electron chi connectivity index (χ4n) is 3.62. The second-order valence-electron chi connectivity index (χ2n) is 6.75. The Morgan fingerprint density at radius 3 is 2.45 bits per heavy atom. The molecule has 0 atom stereocenters. The number of hydrogen-bond donors (Lipinski definition) is 1. The van der Waals surface area contributed by atoms with Crippen LogP contribution in [-0.4, -0.2) is 28.8 Å². The molecule has 0 spiro atoms. The second kappa shape index (κ2) is 7.79. The van der Waals surface area contributed by atoms with Crippen LogP contribution in [-0.2, 0) is 13.0 Å². The summed E-state index contributed by atoms with van der Waals surface area (Å²) in [6.45, 7) is 0.450. The minimum Gasteiger partial charge on any atom is -0.493 e. The van der Waals surface area contributed by atoms with Crippen molar-refractivity contribution in [2.24, 2.45) is 10.2 Å². The predicted octanol–water partition coefficient (Wildman–Crippen LogP) is 4.63.